The summed E-state index contributed by atoms with van der Waals surface area (Å²) >= 11 is 1.45. The van der Waals surface area contributed by atoms with Gasteiger partial charge in [0.05, 0.1) is 12.6 Å². The Labute approximate surface area is 84.6 Å². The van der Waals surface area contributed by atoms with Crippen molar-refractivity contribution in [2.24, 2.45) is 5.73 Å². The number of halogens is 3. The fourth-order valence-corrected chi connectivity index (χ4v) is 1.29. The number of thioether (sulfide) groups is 1. The van der Waals surface area contributed by atoms with Gasteiger partial charge in [0.2, 0.25) is 5.91 Å². The Hall–Kier alpha value is -0.430. The highest BCUT2D eigenvalue weighted by atomic mass is 32.2. The quantitative estimate of drug-likeness (QED) is 0.707. The molecule has 0 aliphatic carbocycles. The number of hydrogen-bond donors (Lipinski definition) is 2. The number of alkyl halides is 3. The van der Waals surface area contributed by atoms with Gasteiger partial charge < -0.3 is 5.73 Å². The highest BCUT2D eigenvalue weighted by Gasteiger charge is 2.29. The third-order valence-electron chi connectivity index (χ3n) is 1.50. The molecule has 0 aromatic rings. The maximum Gasteiger partial charge on any atom is 0.401 e. The first-order chi connectivity index (χ1) is 6.37. The highest BCUT2D eigenvalue weighted by Crippen LogP contribution is 2.13. The number of hydrogen-bond acceptors (Lipinski definition) is 3. The van der Waals surface area contributed by atoms with E-state index in [1.54, 1.807) is 0 Å². The van der Waals surface area contributed by atoms with Crippen LogP contribution in [0.1, 0.15) is 6.42 Å². The van der Waals surface area contributed by atoms with Crippen molar-refractivity contribution in [1.29, 1.82) is 0 Å². The van der Waals surface area contributed by atoms with E-state index in [-0.39, 0.29) is 0 Å². The monoisotopic (exact) mass is 230 g/mol. The lowest BCUT2D eigenvalue weighted by atomic mass is 10.2. The van der Waals surface area contributed by atoms with E-state index in [0.717, 1.165) is 0 Å². The molecule has 0 saturated heterocycles. The van der Waals surface area contributed by atoms with E-state index in [9.17, 15) is 18.0 Å². The lowest BCUT2D eigenvalue weighted by molar-refractivity contribution is -0.130. The normalized spacial score (nSPS) is 14.0. The number of carbonyl (C=O) groups excluding carboxylic acids is 1. The molecule has 84 valence electrons. The number of amides is 1. The minimum atomic E-state index is -4.31. The Morgan fingerprint density at radius 3 is 2.50 bits per heavy atom. The van der Waals surface area contributed by atoms with Gasteiger partial charge in [0.25, 0.3) is 0 Å². The van der Waals surface area contributed by atoms with Crippen LogP contribution < -0.4 is 11.1 Å². The lowest BCUT2D eigenvalue weighted by Gasteiger charge is -2.15. The average molecular weight is 230 g/mol. The highest BCUT2D eigenvalue weighted by molar-refractivity contribution is 7.98. The fraction of sp³-hybridized carbons (Fsp3) is 0.857. The second-order valence-corrected chi connectivity index (χ2v) is 3.72. The summed E-state index contributed by atoms with van der Waals surface area (Å²) in [5.41, 5.74) is 4.93. The molecule has 0 saturated carbocycles. The van der Waals surface area contributed by atoms with Crippen molar-refractivity contribution in [3.05, 3.63) is 0 Å². The van der Waals surface area contributed by atoms with Crippen LogP contribution in [0.4, 0.5) is 13.2 Å². The van der Waals surface area contributed by atoms with Gasteiger partial charge >= 0.3 is 6.18 Å². The molecule has 7 heteroatoms. The minimum Gasteiger partial charge on any atom is -0.368 e. The number of rotatable bonds is 6. The van der Waals surface area contributed by atoms with Gasteiger partial charge in [-0.25, -0.2) is 0 Å². The van der Waals surface area contributed by atoms with Gasteiger partial charge in [-0.05, 0) is 18.4 Å². The third-order valence-corrected chi connectivity index (χ3v) is 2.15. The first-order valence-electron chi connectivity index (χ1n) is 3.95. The van der Waals surface area contributed by atoms with Crippen molar-refractivity contribution in [1.82, 2.24) is 5.32 Å². The molecule has 0 fully saturated rings. The summed E-state index contributed by atoms with van der Waals surface area (Å²) in [7, 11) is 0. The maximum atomic E-state index is 11.8. The molecule has 0 bridgehead atoms. The summed E-state index contributed by atoms with van der Waals surface area (Å²) in [5, 5.41) is 2.08. The molecule has 0 aromatic carbocycles. The van der Waals surface area contributed by atoms with Crippen LogP contribution in [-0.2, 0) is 4.79 Å². The van der Waals surface area contributed by atoms with Gasteiger partial charge in [0.15, 0.2) is 0 Å². The second kappa shape index (κ2) is 6.13. The Morgan fingerprint density at radius 1 is 1.57 bits per heavy atom. The molecular formula is C7H13F3N2OS. The first kappa shape index (κ1) is 13.6. The van der Waals surface area contributed by atoms with Crippen LogP contribution in [0, 0.1) is 0 Å². The predicted octanol–water partition coefficient (Wildman–Crippen LogP) is 0.745. The molecule has 0 aliphatic heterocycles. The molecule has 0 radical (unpaired) electrons. The molecule has 14 heavy (non-hydrogen) atoms. The van der Waals surface area contributed by atoms with Gasteiger partial charge in [-0.3, -0.25) is 10.1 Å². The number of nitrogens with one attached hydrogen (secondary N) is 1. The summed E-state index contributed by atoms with van der Waals surface area (Å²) < 4.78 is 35.3. The minimum absolute atomic E-state index is 0.312. The molecule has 0 rings (SSSR count). The molecule has 1 unspecified atom stereocenters. The van der Waals surface area contributed by atoms with E-state index in [1.165, 1.54) is 11.8 Å². The number of nitrogens with two attached hydrogens (primary N) is 1. The Morgan fingerprint density at radius 2 is 2.14 bits per heavy atom. The van der Waals surface area contributed by atoms with Crippen molar-refractivity contribution >= 4 is 17.7 Å². The van der Waals surface area contributed by atoms with Crippen LogP contribution in [-0.4, -0.2) is 36.7 Å². The summed E-state index contributed by atoms with van der Waals surface area (Å²) in [4.78, 5) is 10.7. The SMILES string of the molecule is CSCCC(NCC(F)(F)F)C(N)=O. The summed E-state index contributed by atoms with van der Waals surface area (Å²) in [6.07, 6.45) is -2.19. The van der Waals surface area contributed by atoms with Crippen molar-refractivity contribution in [3.8, 4) is 0 Å². The van der Waals surface area contributed by atoms with Crippen LogP contribution in [0.3, 0.4) is 0 Å². The average Bonchev–Trinajstić information content (AvgIpc) is 2.01. The van der Waals surface area contributed by atoms with E-state index in [0.29, 0.717) is 12.2 Å². The molecule has 1 atom stereocenters. The van der Waals surface area contributed by atoms with E-state index in [2.05, 4.69) is 5.32 Å². The molecule has 1 amide bonds. The zero-order valence-electron chi connectivity index (χ0n) is 7.73. The largest absolute Gasteiger partial charge is 0.401 e. The molecule has 0 aromatic heterocycles. The molecule has 0 spiro atoms. The maximum absolute atomic E-state index is 11.8. The molecular weight excluding hydrogens is 217 g/mol. The Bertz CT molecular complexity index is 186. The number of carbonyl (C=O) groups is 1. The zero-order valence-corrected chi connectivity index (χ0v) is 8.54. The van der Waals surface area contributed by atoms with Crippen molar-refractivity contribution in [3.63, 3.8) is 0 Å². The van der Waals surface area contributed by atoms with Crippen LogP contribution in [0.25, 0.3) is 0 Å². The molecule has 3 nitrogen and oxygen atoms in total. The van der Waals surface area contributed by atoms with E-state index in [4.69, 9.17) is 5.73 Å². The predicted molar refractivity (Wildman–Crippen MR) is 50.0 cm³/mol. The first-order valence-corrected chi connectivity index (χ1v) is 5.34. The van der Waals surface area contributed by atoms with Gasteiger partial charge in [-0.1, -0.05) is 0 Å². The van der Waals surface area contributed by atoms with E-state index in [1.807, 2.05) is 6.26 Å². The van der Waals surface area contributed by atoms with Crippen LogP contribution in [0.5, 0.6) is 0 Å². The van der Waals surface area contributed by atoms with Gasteiger partial charge in [-0.2, -0.15) is 24.9 Å². The lowest BCUT2D eigenvalue weighted by Crippen LogP contribution is -2.45. The van der Waals surface area contributed by atoms with Crippen molar-refractivity contribution in [2.45, 2.75) is 18.6 Å². The zero-order chi connectivity index (χ0) is 11.2. The molecule has 0 aliphatic rings. The third kappa shape index (κ3) is 7.02. The van der Waals surface area contributed by atoms with Gasteiger partial charge in [0.1, 0.15) is 0 Å². The second-order valence-electron chi connectivity index (χ2n) is 2.73. The summed E-state index contributed by atoms with van der Waals surface area (Å²) in [6.45, 7) is -1.19. The van der Waals surface area contributed by atoms with Gasteiger partial charge in [-0.15, -0.1) is 0 Å². The topological polar surface area (TPSA) is 55.1 Å². The van der Waals surface area contributed by atoms with E-state index >= 15 is 0 Å². The standard InChI is InChI=1S/C7H13F3N2OS/c1-14-3-2-5(6(11)13)12-4-7(8,9)10/h5,12H,2-4H2,1H3,(H2,11,13). The van der Waals surface area contributed by atoms with Crippen LogP contribution in [0.15, 0.2) is 0 Å². The van der Waals surface area contributed by atoms with Gasteiger partial charge in [0, 0.05) is 0 Å². The van der Waals surface area contributed by atoms with E-state index < -0.39 is 24.7 Å². The summed E-state index contributed by atoms with van der Waals surface area (Å²) in [5.74, 6) is -0.151. The number of primary amides is 1. The Kier molecular flexibility index (Phi) is 5.94. The Balaban J connectivity index is 3.91. The fourth-order valence-electron chi connectivity index (χ4n) is 0.820. The molecule has 3 N–H and O–H groups in total. The smallest absolute Gasteiger partial charge is 0.368 e. The van der Waals surface area contributed by atoms with Crippen molar-refractivity contribution in [2.75, 3.05) is 18.6 Å². The van der Waals surface area contributed by atoms with Crippen molar-refractivity contribution < 1.29 is 18.0 Å². The van der Waals surface area contributed by atoms with Crippen LogP contribution in [0.2, 0.25) is 0 Å². The summed E-state index contributed by atoms with van der Waals surface area (Å²) in [6, 6.07) is -0.899. The van der Waals surface area contributed by atoms with Crippen LogP contribution >= 0.6 is 11.8 Å². The molecule has 0 heterocycles.